The van der Waals surface area contributed by atoms with Gasteiger partial charge in [0, 0.05) is 12.6 Å². The van der Waals surface area contributed by atoms with Crippen LogP contribution in [0.25, 0.3) is 11.1 Å². The fraction of sp³-hybridized carbons (Fsp3) is 0.250. The van der Waals surface area contributed by atoms with E-state index >= 15 is 0 Å². The third kappa shape index (κ3) is 2.91. The second-order valence-electron chi connectivity index (χ2n) is 5.07. The molecule has 1 nitrogen and oxygen atoms in total. The maximum absolute atomic E-state index is 14.1. The molecule has 0 atom stereocenters. The van der Waals surface area contributed by atoms with Crippen molar-refractivity contribution in [1.82, 2.24) is 5.32 Å². The van der Waals surface area contributed by atoms with Gasteiger partial charge in [-0.2, -0.15) is 0 Å². The summed E-state index contributed by atoms with van der Waals surface area (Å²) in [5.74, 6) is -1.10. The number of benzene rings is 2. The van der Waals surface area contributed by atoms with Gasteiger partial charge in [0.25, 0.3) is 0 Å². The summed E-state index contributed by atoms with van der Waals surface area (Å²) in [6.07, 6.45) is 2.43. The fourth-order valence-electron chi connectivity index (χ4n) is 2.18. The smallest absolute Gasteiger partial charge is 0.148 e. The summed E-state index contributed by atoms with van der Waals surface area (Å²) in [5, 5.41) is 3.40. The van der Waals surface area contributed by atoms with Crippen molar-refractivity contribution in [3.63, 3.8) is 0 Å². The van der Waals surface area contributed by atoms with Crippen molar-refractivity contribution in [1.29, 1.82) is 0 Å². The van der Waals surface area contributed by atoms with E-state index in [4.69, 9.17) is 0 Å². The van der Waals surface area contributed by atoms with Gasteiger partial charge >= 0.3 is 0 Å². The highest BCUT2D eigenvalue weighted by Gasteiger charge is 2.20. The monoisotopic (exact) mass is 337 g/mol. The van der Waals surface area contributed by atoms with Crippen LogP contribution in [-0.4, -0.2) is 6.04 Å². The second-order valence-corrected chi connectivity index (χ2v) is 5.93. The highest BCUT2D eigenvalue weighted by atomic mass is 79.9. The molecule has 1 aliphatic rings. The molecule has 0 aliphatic heterocycles. The van der Waals surface area contributed by atoms with Crippen LogP contribution < -0.4 is 5.32 Å². The Morgan fingerprint density at radius 3 is 2.70 bits per heavy atom. The SMILES string of the molecule is Fc1ccc(Br)c(F)c1-c1cccc(CNC2CC2)c1. The van der Waals surface area contributed by atoms with Gasteiger partial charge in [-0.05, 0) is 58.1 Å². The standard InChI is InChI=1S/C16H14BrF2N/c17-13-6-7-14(18)15(16(13)19)11-3-1-2-10(8-11)9-20-12-4-5-12/h1-3,6-8,12,20H,4-5,9H2. The molecule has 0 radical (unpaired) electrons. The van der Waals surface area contributed by atoms with Crippen molar-refractivity contribution in [2.45, 2.75) is 25.4 Å². The molecule has 0 amide bonds. The first-order chi connectivity index (χ1) is 9.65. The van der Waals surface area contributed by atoms with Gasteiger partial charge in [0.2, 0.25) is 0 Å². The predicted molar refractivity (Wildman–Crippen MR) is 79.4 cm³/mol. The Morgan fingerprint density at radius 1 is 1.15 bits per heavy atom. The van der Waals surface area contributed by atoms with Gasteiger partial charge in [0.05, 0.1) is 10.0 Å². The predicted octanol–water partition coefficient (Wildman–Crippen LogP) is 4.65. The van der Waals surface area contributed by atoms with Crippen molar-refractivity contribution in [2.24, 2.45) is 0 Å². The lowest BCUT2D eigenvalue weighted by Gasteiger charge is -2.09. The minimum absolute atomic E-state index is 0.0210. The molecule has 1 saturated carbocycles. The normalized spacial score (nSPS) is 14.6. The lowest BCUT2D eigenvalue weighted by molar-refractivity contribution is 0.585. The van der Waals surface area contributed by atoms with E-state index < -0.39 is 11.6 Å². The van der Waals surface area contributed by atoms with E-state index in [1.54, 1.807) is 6.07 Å². The third-order valence-electron chi connectivity index (χ3n) is 3.43. The van der Waals surface area contributed by atoms with E-state index in [0.29, 0.717) is 11.6 Å². The summed E-state index contributed by atoms with van der Waals surface area (Å²) in [7, 11) is 0. The van der Waals surface area contributed by atoms with Crippen LogP contribution in [0.2, 0.25) is 0 Å². The molecule has 0 saturated heterocycles. The van der Waals surface area contributed by atoms with Gasteiger partial charge in [-0.25, -0.2) is 8.78 Å². The average Bonchev–Trinajstić information content (AvgIpc) is 3.26. The van der Waals surface area contributed by atoms with Crippen LogP contribution in [-0.2, 0) is 6.54 Å². The molecule has 4 heteroatoms. The Morgan fingerprint density at radius 2 is 1.95 bits per heavy atom. The maximum Gasteiger partial charge on any atom is 0.148 e. The molecule has 0 bridgehead atoms. The second kappa shape index (κ2) is 5.62. The Balaban J connectivity index is 1.93. The number of nitrogens with one attached hydrogen (secondary N) is 1. The average molecular weight is 338 g/mol. The zero-order valence-corrected chi connectivity index (χ0v) is 12.4. The molecule has 20 heavy (non-hydrogen) atoms. The van der Waals surface area contributed by atoms with E-state index in [1.165, 1.54) is 25.0 Å². The van der Waals surface area contributed by atoms with Crippen molar-refractivity contribution in [3.05, 3.63) is 58.1 Å². The molecule has 2 aromatic carbocycles. The zero-order chi connectivity index (χ0) is 14.1. The van der Waals surface area contributed by atoms with Crippen LogP contribution in [0.4, 0.5) is 8.78 Å². The van der Waals surface area contributed by atoms with Gasteiger partial charge < -0.3 is 5.32 Å². The van der Waals surface area contributed by atoms with E-state index in [0.717, 1.165) is 12.1 Å². The van der Waals surface area contributed by atoms with Crippen LogP contribution in [0.1, 0.15) is 18.4 Å². The molecule has 2 aromatic rings. The molecular weight excluding hydrogens is 324 g/mol. The summed E-state index contributed by atoms with van der Waals surface area (Å²) in [6.45, 7) is 0.732. The van der Waals surface area contributed by atoms with Crippen LogP contribution in [0, 0.1) is 11.6 Å². The number of hydrogen-bond acceptors (Lipinski definition) is 1. The fourth-order valence-corrected chi connectivity index (χ4v) is 2.51. The van der Waals surface area contributed by atoms with E-state index in [2.05, 4.69) is 21.2 Å². The highest BCUT2D eigenvalue weighted by Crippen LogP contribution is 2.31. The zero-order valence-electron chi connectivity index (χ0n) is 10.8. The molecule has 1 aliphatic carbocycles. The highest BCUT2D eigenvalue weighted by molar-refractivity contribution is 9.10. The minimum atomic E-state index is -0.558. The van der Waals surface area contributed by atoms with E-state index in [-0.39, 0.29) is 10.0 Å². The summed E-state index contributed by atoms with van der Waals surface area (Å²) < 4.78 is 28.3. The molecule has 3 rings (SSSR count). The van der Waals surface area contributed by atoms with Crippen molar-refractivity contribution in [3.8, 4) is 11.1 Å². The van der Waals surface area contributed by atoms with Crippen molar-refractivity contribution < 1.29 is 8.78 Å². The lowest BCUT2D eigenvalue weighted by atomic mass is 10.0. The van der Waals surface area contributed by atoms with Crippen LogP contribution in [0.5, 0.6) is 0 Å². The van der Waals surface area contributed by atoms with Gasteiger partial charge in [0.1, 0.15) is 11.6 Å². The maximum atomic E-state index is 14.1. The summed E-state index contributed by atoms with van der Waals surface area (Å²) >= 11 is 3.10. The summed E-state index contributed by atoms with van der Waals surface area (Å²) in [5.41, 5.74) is 1.62. The van der Waals surface area contributed by atoms with Crippen molar-refractivity contribution >= 4 is 15.9 Å². The molecule has 0 unspecified atom stereocenters. The van der Waals surface area contributed by atoms with Crippen LogP contribution in [0.3, 0.4) is 0 Å². The van der Waals surface area contributed by atoms with Gasteiger partial charge in [-0.1, -0.05) is 18.2 Å². The van der Waals surface area contributed by atoms with Gasteiger partial charge in [-0.15, -0.1) is 0 Å². The first-order valence-electron chi connectivity index (χ1n) is 6.61. The first kappa shape index (κ1) is 13.7. The number of hydrogen-bond donors (Lipinski definition) is 1. The first-order valence-corrected chi connectivity index (χ1v) is 7.40. The Hall–Kier alpha value is -1.26. The van der Waals surface area contributed by atoms with Gasteiger partial charge in [0.15, 0.2) is 0 Å². The Kier molecular flexibility index (Phi) is 3.85. The van der Waals surface area contributed by atoms with Crippen LogP contribution >= 0.6 is 15.9 Å². The Labute approximate surface area is 125 Å². The molecule has 1 N–H and O–H groups in total. The van der Waals surface area contributed by atoms with Crippen molar-refractivity contribution in [2.75, 3.05) is 0 Å². The minimum Gasteiger partial charge on any atom is -0.310 e. The number of rotatable bonds is 4. The molecule has 0 spiro atoms. The quantitative estimate of drug-likeness (QED) is 0.801. The van der Waals surface area contributed by atoms with E-state index in [9.17, 15) is 8.78 Å². The van der Waals surface area contributed by atoms with Gasteiger partial charge in [-0.3, -0.25) is 0 Å². The summed E-state index contributed by atoms with van der Waals surface area (Å²) in [6, 6.07) is 10.6. The summed E-state index contributed by atoms with van der Waals surface area (Å²) in [4.78, 5) is 0. The number of halogens is 3. The third-order valence-corrected chi connectivity index (χ3v) is 4.04. The molecule has 104 valence electrons. The molecule has 0 heterocycles. The molecular formula is C16H14BrF2N. The van der Waals surface area contributed by atoms with Crippen LogP contribution in [0.15, 0.2) is 40.9 Å². The topological polar surface area (TPSA) is 12.0 Å². The molecule has 1 fully saturated rings. The Bertz CT molecular complexity index is 638. The lowest BCUT2D eigenvalue weighted by Crippen LogP contribution is -2.15. The van der Waals surface area contributed by atoms with E-state index in [1.807, 2.05) is 18.2 Å². The molecule has 0 aromatic heterocycles. The largest absolute Gasteiger partial charge is 0.310 e.